The molecule has 3 aromatic carbocycles. The van der Waals surface area contributed by atoms with Crippen molar-refractivity contribution in [3.05, 3.63) is 72.3 Å². The summed E-state index contributed by atoms with van der Waals surface area (Å²) in [4.78, 5) is 12.9. The van der Waals surface area contributed by atoms with Crippen molar-refractivity contribution in [1.29, 1.82) is 0 Å². The Kier molecular flexibility index (Phi) is 6.49. The molecule has 1 saturated heterocycles. The summed E-state index contributed by atoms with van der Waals surface area (Å²) in [5, 5.41) is 10.4. The van der Waals surface area contributed by atoms with Crippen LogP contribution in [0.15, 0.2) is 81.3 Å². The first-order chi connectivity index (χ1) is 16.5. The summed E-state index contributed by atoms with van der Waals surface area (Å²) in [5.41, 5.74) is 1.15. The molecule has 0 amide bonds. The Morgan fingerprint density at radius 3 is 2.53 bits per heavy atom. The van der Waals surface area contributed by atoms with Gasteiger partial charge in [0.25, 0.3) is 5.22 Å². The molecule has 0 bridgehead atoms. The predicted octanol–water partition coefficient (Wildman–Crippen LogP) is 5.04. The Morgan fingerprint density at radius 1 is 0.912 bits per heavy atom. The number of sulfonamides is 1. The van der Waals surface area contributed by atoms with Crippen molar-refractivity contribution in [2.75, 3.05) is 18.8 Å². The van der Waals surface area contributed by atoms with Crippen molar-refractivity contribution < 1.29 is 17.6 Å². The third kappa shape index (κ3) is 4.77. The largest absolute Gasteiger partial charge is 0.411 e. The number of benzene rings is 3. The highest BCUT2D eigenvalue weighted by Crippen LogP contribution is 2.28. The molecule has 0 atom stereocenters. The van der Waals surface area contributed by atoms with Gasteiger partial charge in [-0.15, -0.1) is 10.2 Å². The molecule has 0 unspecified atom stereocenters. The molecule has 1 aromatic heterocycles. The van der Waals surface area contributed by atoms with Crippen molar-refractivity contribution in [3.63, 3.8) is 0 Å². The fraction of sp³-hybridized carbons (Fsp3) is 0.240. The van der Waals surface area contributed by atoms with Gasteiger partial charge in [-0.1, -0.05) is 60.6 Å². The Balaban J connectivity index is 1.28. The van der Waals surface area contributed by atoms with E-state index in [9.17, 15) is 13.2 Å². The standard InChI is InChI=1S/C25H23N3O4S2/c29-23(20-12-11-18-7-2-3-8-19(18)15-20)17-33-25-27-26-24(32-25)21-9-6-10-22(16-21)34(30,31)28-13-4-1-5-14-28/h2-3,6-12,15-16H,1,4-5,13-14,17H2. The zero-order valence-electron chi connectivity index (χ0n) is 18.4. The maximum absolute atomic E-state index is 13.0. The molecule has 34 heavy (non-hydrogen) atoms. The lowest BCUT2D eigenvalue weighted by atomic mass is 10.1. The van der Waals surface area contributed by atoms with Gasteiger partial charge in [0.1, 0.15) is 0 Å². The van der Waals surface area contributed by atoms with Gasteiger partial charge in [-0.25, -0.2) is 8.42 Å². The van der Waals surface area contributed by atoms with Gasteiger partial charge >= 0.3 is 0 Å². The van der Waals surface area contributed by atoms with Crippen LogP contribution in [-0.2, 0) is 10.0 Å². The predicted molar refractivity (Wildman–Crippen MR) is 131 cm³/mol. The van der Waals surface area contributed by atoms with Gasteiger partial charge in [0.2, 0.25) is 15.9 Å². The molecule has 0 radical (unpaired) electrons. The second kappa shape index (κ2) is 9.69. The minimum atomic E-state index is -3.56. The zero-order chi connectivity index (χ0) is 23.5. The molecular weight excluding hydrogens is 470 g/mol. The van der Waals surface area contributed by atoms with Crippen molar-refractivity contribution in [2.45, 2.75) is 29.4 Å². The van der Waals surface area contributed by atoms with Crippen molar-refractivity contribution in [3.8, 4) is 11.5 Å². The number of hydrogen-bond acceptors (Lipinski definition) is 7. The fourth-order valence-corrected chi connectivity index (χ4v) is 6.22. The molecule has 5 rings (SSSR count). The van der Waals surface area contributed by atoms with Crippen LogP contribution >= 0.6 is 11.8 Å². The zero-order valence-corrected chi connectivity index (χ0v) is 20.0. The van der Waals surface area contributed by atoms with Crippen LogP contribution in [0.4, 0.5) is 0 Å². The second-order valence-corrected chi connectivity index (χ2v) is 11.0. The number of carbonyl (C=O) groups excluding carboxylic acids is 1. The summed E-state index contributed by atoms with van der Waals surface area (Å²) < 4.78 is 33.2. The summed E-state index contributed by atoms with van der Waals surface area (Å²) in [5.74, 6) is 0.338. The van der Waals surface area contributed by atoms with Crippen LogP contribution in [0, 0.1) is 0 Å². The van der Waals surface area contributed by atoms with E-state index in [4.69, 9.17) is 4.42 Å². The minimum absolute atomic E-state index is 0.0369. The van der Waals surface area contributed by atoms with Gasteiger partial charge in [-0.2, -0.15) is 4.31 Å². The third-order valence-corrected chi connectivity index (χ3v) is 8.55. The Labute approximate surface area is 202 Å². The molecule has 0 N–H and O–H groups in total. The average molecular weight is 494 g/mol. The fourth-order valence-electron chi connectivity index (χ4n) is 4.00. The number of fused-ring (bicyclic) bond motifs is 1. The first kappa shape index (κ1) is 22.8. The summed E-state index contributed by atoms with van der Waals surface area (Å²) in [6.45, 7) is 1.08. The van der Waals surface area contributed by atoms with Gasteiger partial charge in [0, 0.05) is 24.2 Å². The average Bonchev–Trinajstić information content (AvgIpc) is 3.37. The van der Waals surface area contributed by atoms with Gasteiger partial charge in [-0.3, -0.25) is 4.79 Å². The lowest BCUT2D eigenvalue weighted by molar-refractivity contribution is 0.102. The molecule has 1 aliphatic rings. The smallest absolute Gasteiger partial charge is 0.277 e. The van der Waals surface area contributed by atoms with Crippen molar-refractivity contribution in [1.82, 2.24) is 14.5 Å². The van der Waals surface area contributed by atoms with Crippen LogP contribution in [0.2, 0.25) is 0 Å². The van der Waals surface area contributed by atoms with Gasteiger partial charge in [-0.05, 0) is 47.9 Å². The summed E-state index contributed by atoms with van der Waals surface area (Å²) in [6, 6.07) is 20.1. The van der Waals surface area contributed by atoms with E-state index >= 15 is 0 Å². The van der Waals surface area contributed by atoms with Crippen molar-refractivity contribution in [2.24, 2.45) is 0 Å². The number of nitrogens with zero attached hydrogens (tertiary/aromatic N) is 3. The molecule has 1 aliphatic heterocycles. The summed E-state index contributed by atoms with van der Waals surface area (Å²) >= 11 is 1.16. The minimum Gasteiger partial charge on any atom is -0.411 e. The second-order valence-electron chi connectivity index (χ2n) is 8.14. The van der Waals surface area contributed by atoms with Crippen LogP contribution in [-0.4, -0.2) is 47.5 Å². The number of aromatic nitrogens is 2. The van der Waals surface area contributed by atoms with Gasteiger partial charge in [0.15, 0.2) is 5.78 Å². The van der Waals surface area contributed by atoms with Crippen LogP contribution in [0.25, 0.3) is 22.2 Å². The third-order valence-electron chi connectivity index (χ3n) is 5.84. The van der Waals surface area contributed by atoms with Gasteiger partial charge < -0.3 is 4.42 Å². The molecular formula is C25H23N3O4S2. The molecule has 174 valence electrons. The Hall–Kier alpha value is -3.01. The number of carbonyl (C=O) groups is 1. The highest BCUT2D eigenvalue weighted by Gasteiger charge is 2.26. The normalized spacial score (nSPS) is 14.9. The van der Waals surface area contributed by atoms with E-state index in [2.05, 4.69) is 10.2 Å². The quantitative estimate of drug-likeness (QED) is 0.263. The molecule has 7 nitrogen and oxygen atoms in total. The maximum atomic E-state index is 13.0. The summed E-state index contributed by atoms with van der Waals surface area (Å²) in [6.07, 6.45) is 2.81. The Bertz CT molecular complexity index is 1440. The number of rotatable bonds is 7. The monoisotopic (exact) mass is 493 g/mol. The molecule has 0 spiro atoms. The van der Waals surface area contributed by atoms with Crippen LogP contribution in [0.1, 0.15) is 29.6 Å². The SMILES string of the molecule is O=C(CSc1nnc(-c2cccc(S(=O)(=O)N3CCCCC3)c2)o1)c1ccc2ccccc2c1. The maximum Gasteiger partial charge on any atom is 0.277 e. The van der Waals surface area contributed by atoms with Crippen molar-refractivity contribution >= 4 is 38.3 Å². The molecule has 0 saturated carbocycles. The van der Waals surface area contributed by atoms with Gasteiger partial charge in [0.05, 0.1) is 10.6 Å². The van der Waals surface area contributed by atoms with E-state index in [-0.39, 0.29) is 27.5 Å². The highest BCUT2D eigenvalue weighted by atomic mass is 32.2. The first-order valence-electron chi connectivity index (χ1n) is 11.1. The molecule has 9 heteroatoms. The number of hydrogen-bond donors (Lipinski definition) is 0. The van der Waals surface area contributed by atoms with E-state index in [1.54, 1.807) is 24.3 Å². The van der Waals surface area contributed by atoms with Crippen LogP contribution in [0.3, 0.4) is 0 Å². The number of thioether (sulfide) groups is 1. The van der Waals surface area contributed by atoms with E-state index < -0.39 is 10.0 Å². The first-order valence-corrected chi connectivity index (χ1v) is 13.5. The van der Waals surface area contributed by atoms with Crippen LogP contribution < -0.4 is 0 Å². The number of ketones is 1. The Morgan fingerprint density at radius 2 is 1.71 bits per heavy atom. The summed E-state index contributed by atoms with van der Waals surface area (Å²) in [7, 11) is -3.56. The number of Topliss-reactive ketones (excluding diaryl/α,β-unsaturated/α-hetero) is 1. The number of piperidine rings is 1. The molecule has 1 fully saturated rings. The lowest BCUT2D eigenvalue weighted by Gasteiger charge is -2.25. The van der Waals surface area contributed by atoms with Crippen LogP contribution in [0.5, 0.6) is 0 Å². The molecule has 4 aromatic rings. The lowest BCUT2D eigenvalue weighted by Crippen LogP contribution is -2.35. The van der Waals surface area contributed by atoms with E-state index in [0.717, 1.165) is 41.8 Å². The topological polar surface area (TPSA) is 93.4 Å². The van der Waals surface area contributed by atoms with E-state index in [1.807, 2.05) is 42.5 Å². The molecule has 0 aliphatic carbocycles. The van der Waals surface area contributed by atoms with E-state index in [0.29, 0.717) is 24.2 Å². The highest BCUT2D eigenvalue weighted by molar-refractivity contribution is 7.99. The molecule has 2 heterocycles. The van der Waals surface area contributed by atoms with E-state index in [1.165, 1.54) is 4.31 Å².